The number of anilines is 1. The molecule has 5 nitrogen and oxygen atoms in total. The highest BCUT2D eigenvalue weighted by Gasteiger charge is 2.24. The van der Waals surface area contributed by atoms with E-state index >= 15 is 0 Å². The second-order valence-electron chi connectivity index (χ2n) is 6.99. The van der Waals surface area contributed by atoms with Crippen molar-refractivity contribution in [1.29, 1.82) is 0 Å². The number of amides is 1. The monoisotopic (exact) mass is 432 g/mol. The third-order valence-electron chi connectivity index (χ3n) is 4.89. The molecule has 4 aromatic rings. The average molecular weight is 433 g/mol. The molecule has 0 radical (unpaired) electrons. The van der Waals surface area contributed by atoms with Crippen LogP contribution in [-0.4, -0.2) is 37.8 Å². The normalized spacial score (nSPS) is 10.9. The second kappa shape index (κ2) is 10.2. The van der Waals surface area contributed by atoms with Crippen LogP contribution in [0, 0.1) is 0 Å². The minimum absolute atomic E-state index is 0.122. The minimum Gasteiger partial charge on any atom is -0.490 e. The highest BCUT2D eigenvalue weighted by atomic mass is 32.1. The summed E-state index contributed by atoms with van der Waals surface area (Å²) in [6.07, 6.45) is 0.731. The number of para-hydroxylation sites is 2. The number of thiazole rings is 1. The summed E-state index contributed by atoms with van der Waals surface area (Å²) in [5, 5.41) is 0.689. The van der Waals surface area contributed by atoms with Crippen molar-refractivity contribution in [2.75, 3.05) is 31.8 Å². The smallest absolute Gasteiger partial charge is 0.263 e. The average Bonchev–Trinajstić information content (AvgIpc) is 3.24. The Bertz CT molecular complexity index is 1110. The van der Waals surface area contributed by atoms with Crippen LogP contribution in [-0.2, 0) is 11.2 Å². The molecule has 0 fully saturated rings. The van der Waals surface area contributed by atoms with Gasteiger partial charge in [0.25, 0.3) is 5.91 Å². The van der Waals surface area contributed by atoms with Crippen LogP contribution in [0.5, 0.6) is 5.75 Å². The number of carbonyl (C=O) groups is 1. The van der Waals surface area contributed by atoms with Crippen molar-refractivity contribution in [2.45, 2.75) is 6.42 Å². The van der Waals surface area contributed by atoms with Gasteiger partial charge in [0.1, 0.15) is 12.4 Å². The number of ether oxygens (including phenoxy) is 2. The Balaban J connectivity index is 1.66. The molecule has 31 heavy (non-hydrogen) atoms. The van der Waals surface area contributed by atoms with Crippen LogP contribution >= 0.6 is 11.3 Å². The van der Waals surface area contributed by atoms with Crippen molar-refractivity contribution in [3.05, 3.63) is 90.0 Å². The number of aromatic nitrogens is 1. The zero-order chi connectivity index (χ0) is 21.5. The fourth-order valence-electron chi connectivity index (χ4n) is 3.29. The predicted molar refractivity (Wildman–Crippen MR) is 125 cm³/mol. The van der Waals surface area contributed by atoms with Gasteiger partial charge in [-0.05, 0) is 36.2 Å². The Kier molecular flexibility index (Phi) is 6.92. The fourth-order valence-corrected chi connectivity index (χ4v) is 4.28. The lowest BCUT2D eigenvalue weighted by Crippen LogP contribution is -2.33. The van der Waals surface area contributed by atoms with E-state index in [2.05, 4.69) is 12.1 Å². The number of methoxy groups -OCH3 is 1. The lowest BCUT2D eigenvalue weighted by Gasteiger charge is -2.21. The molecule has 0 aliphatic carbocycles. The van der Waals surface area contributed by atoms with Crippen molar-refractivity contribution in [2.24, 2.45) is 0 Å². The fraction of sp³-hybridized carbons (Fsp3) is 0.200. The Hall–Kier alpha value is -3.22. The highest BCUT2D eigenvalue weighted by Crippen LogP contribution is 2.31. The summed E-state index contributed by atoms with van der Waals surface area (Å²) >= 11 is 1.52. The topological polar surface area (TPSA) is 51.7 Å². The van der Waals surface area contributed by atoms with Crippen molar-refractivity contribution < 1.29 is 14.3 Å². The van der Waals surface area contributed by atoms with Gasteiger partial charge in [-0.25, -0.2) is 4.98 Å². The molecule has 0 saturated carbocycles. The van der Waals surface area contributed by atoms with Gasteiger partial charge < -0.3 is 9.47 Å². The van der Waals surface area contributed by atoms with Crippen molar-refractivity contribution in [3.63, 3.8) is 0 Å². The van der Waals surface area contributed by atoms with Crippen LogP contribution in [0.2, 0.25) is 0 Å². The summed E-state index contributed by atoms with van der Waals surface area (Å²) in [5.74, 6) is 0.429. The van der Waals surface area contributed by atoms with Crippen LogP contribution in [0.4, 0.5) is 5.13 Å². The molecule has 1 heterocycles. The van der Waals surface area contributed by atoms with Crippen LogP contribution < -0.4 is 9.64 Å². The number of hydrogen-bond donors (Lipinski definition) is 0. The first-order valence-electron chi connectivity index (χ1n) is 10.2. The van der Waals surface area contributed by atoms with Gasteiger partial charge in [0.05, 0.1) is 22.4 Å². The van der Waals surface area contributed by atoms with E-state index in [1.807, 2.05) is 60.7 Å². The molecule has 0 atom stereocenters. The van der Waals surface area contributed by atoms with Crippen LogP contribution in [0.3, 0.4) is 0 Å². The van der Waals surface area contributed by atoms with Crippen LogP contribution in [0.1, 0.15) is 15.9 Å². The zero-order valence-corrected chi connectivity index (χ0v) is 18.2. The van der Waals surface area contributed by atoms with Crippen molar-refractivity contribution in [3.8, 4) is 5.75 Å². The summed E-state index contributed by atoms with van der Waals surface area (Å²) in [7, 11) is 1.62. The van der Waals surface area contributed by atoms with Gasteiger partial charge in [-0.3, -0.25) is 9.69 Å². The van der Waals surface area contributed by atoms with Gasteiger partial charge in [-0.15, -0.1) is 0 Å². The first kappa shape index (κ1) is 21.0. The van der Waals surface area contributed by atoms with E-state index in [1.54, 1.807) is 18.1 Å². The molecule has 3 aromatic carbocycles. The van der Waals surface area contributed by atoms with E-state index in [9.17, 15) is 4.79 Å². The quantitative estimate of drug-likeness (QED) is 0.341. The third kappa shape index (κ3) is 5.10. The minimum atomic E-state index is -0.122. The van der Waals surface area contributed by atoms with Gasteiger partial charge in [-0.2, -0.15) is 0 Å². The molecular formula is C25H24N2O3S. The van der Waals surface area contributed by atoms with Crippen LogP contribution in [0.25, 0.3) is 10.2 Å². The summed E-state index contributed by atoms with van der Waals surface area (Å²) in [6.45, 7) is 1.36. The third-order valence-corrected chi connectivity index (χ3v) is 5.95. The Morgan fingerprint density at radius 3 is 2.48 bits per heavy atom. The number of hydrogen-bond acceptors (Lipinski definition) is 5. The summed E-state index contributed by atoms with van der Waals surface area (Å²) in [4.78, 5) is 20.2. The molecule has 0 spiro atoms. The Labute approximate surface area is 185 Å². The number of nitrogens with zero attached hydrogens (tertiary/aromatic N) is 2. The Morgan fingerprint density at radius 2 is 1.68 bits per heavy atom. The molecule has 0 unspecified atom stereocenters. The van der Waals surface area contributed by atoms with E-state index in [4.69, 9.17) is 14.5 Å². The maximum absolute atomic E-state index is 13.7. The lowest BCUT2D eigenvalue weighted by atomic mass is 10.1. The molecule has 0 saturated heterocycles. The molecular weight excluding hydrogens is 408 g/mol. The van der Waals surface area contributed by atoms with E-state index in [0.717, 1.165) is 16.6 Å². The number of carbonyl (C=O) groups excluding carboxylic acids is 1. The molecule has 4 rings (SSSR count). The van der Waals surface area contributed by atoms with E-state index in [-0.39, 0.29) is 5.91 Å². The number of fused-ring (bicyclic) bond motifs is 1. The number of rotatable bonds is 9. The molecule has 158 valence electrons. The maximum Gasteiger partial charge on any atom is 0.263 e. The molecule has 0 aliphatic heterocycles. The molecule has 1 aromatic heterocycles. The lowest BCUT2D eigenvalue weighted by molar-refractivity contribution is 0.0979. The van der Waals surface area contributed by atoms with Crippen LogP contribution in [0.15, 0.2) is 78.9 Å². The standard InChI is InChI=1S/C25H24N2O3S/c1-29-17-18-30-22-13-7-5-11-20(22)24(28)27(16-15-19-9-3-2-4-10-19)25-26-21-12-6-8-14-23(21)31-25/h2-14H,15-18H2,1H3. The van der Waals surface area contributed by atoms with E-state index in [1.165, 1.54) is 16.9 Å². The SMILES string of the molecule is COCCOc1ccccc1C(=O)N(CCc1ccccc1)c1nc2ccccc2s1. The zero-order valence-electron chi connectivity index (χ0n) is 17.4. The van der Waals surface area contributed by atoms with Gasteiger partial charge in [-0.1, -0.05) is 65.9 Å². The van der Waals surface area contributed by atoms with Gasteiger partial charge in [0.15, 0.2) is 5.13 Å². The largest absolute Gasteiger partial charge is 0.490 e. The highest BCUT2D eigenvalue weighted by molar-refractivity contribution is 7.22. The molecule has 1 amide bonds. The second-order valence-corrected chi connectivity index (χ2v) is 8.00. The molecule has 0 N–H and O–H groups in total. The van der Waals surface area contributed by atoms with Gasteiger partial charge in [0, 0.05) is 13.7 Å². The van der Waals surface area contributed by atoms with E-state index in [0.29, 0.717) is 36.2 Å². The van der Waals surface area contributed by atoms with Gasteiger partial charge >= 0.3 is 0 Å². The van der Waals surface area contributed by atoms with Crippen molar-refractivity contribution >= 4 is 32.6 Å². The predicted octanol–water partition coefficient (Wildman–Crippen LogP) is 5.21. The number of benzene rings is 3. The maximum atomic E-state index is 13.7. The van der Waals surface area contributed by atoms with E-state index < -0.39 is 0 Å². The summed E-state index contributed by atoms with van der Waals surface area (Å²) < 4.78 is 11.9. The molecule has 6 heteroatoms. The first-order chi connectivity index (χ1) is 15.3. The summed E-state index contributed by atoms with van der Waals surface area (Å²) in [5.41, 5.74) is 2.58. The molecule has 0 aliphatic rings. The van der Waals surface area contributed by atoms with Gasteiger partial charge in [0.2, 0.25) is 0 Å². The first-order valence-corrected chi connectivity index (χ1v) is 11.0. The Morgan fingerprint density at radius 1 is 0.935 bits per heavy atom. The summed E-state index contributed by atoms with van der Waals surface area (Å²) in [6, 6.07) is 25.4. The molecule has 0 bridgehead atoms. The van der Waals surface area contributed by atoms with Crippen molar-refractivity contribution in [1.82, 2.24) is 4.98 Å².